The summed E-state index contributed by atoms with van der Waals surface area (Å²) in [4.78, 5) is 22.1. The van der Waals surface area contributed by atoms with Crippen LogP contribution in [0.3, 0.4) is 0 Å². The molecule has 1 aromatic carbocycles. The zero-order valence-electron chi connectivity index (χ0n) is 11.6. The Morgan fingerprint density at radius 3 is 1.84 bits per heavy atom. The van der Waals surface area contributed by atoms with Gasteiger partial charge in [-0.05, 0) is 12.0 Å². The van der Waals surface area contributed by atoms with Crippen molar-refractivity contribution in [3.05, 3.63) is 35.9 Å². The van der Waals surface area contributed by atoms with Crippen LogP contribution in [-0.2, 0) is 24.5 Å². The van der Waals surface area contributed by atoms with E-state index in [2.05, 4.69) is 0 Å². The molecular weight excluding hydrogens is 244 g/mol. The number of rotatable bonds is 6. The molecule has 0 unspecified atom stereocenters. The number of benzene rings is 1. The SMILES string of the molecule is CCC(COC(C)=O)(COC(C)=O)c1ccccc1. The number of hydrogen-bond donors (Lipinski definition) is 0. The summed E-state index contributed by atoms with van der Waals surface area (Å²) in [7, 11) is 0. The Kier molecular flexibility index (Phi) is 5.55. The van der Waals surface area contributed by atoms with Crippen LogP contribution in [0.4, 0.5) is 0 Å². The third kappa shape index (κ3) is 4.39. The van der Waals surface area contributed by atoms with E-state index >= 15 is 0 Å². The summed E-state index contributed by atoms with van der Waals surface area (Å²) in [5, 5.41) is 0. The predicted molar refractivity (Wildman–Crippen MR) is 71.7 cm³/mol. The smallest absolute Gasteiger partial charge is 0.302 e. The van der Waals surface area contributed by atoms with Gasteiger partial charge in [0.05, 0.1) is 5.41 Å². The van der Waals surface area contributed by atoms with Crippen molar-refractivity contribution in [3.8, 4) is 0 Å². The van der Waals surface area contributed by atoms with Gasteiger partial charge in [0.2, 0.25) is 0 Å². The van der Waals surface area contributed by atoms with Gasteiger partial charge in [0.25, 0.3) is 0 Å². The number of hydrogen-bond acceptors (Lipinski definition) is 4. The standard InChI is InChI=1S/C15H20O4/c1-4-15(10-18-12(2)16,11-19-13(3)17)14-8-6-5-7-9-14/h5-9H,4,10-11H2,1-3H3. The van der Waals surface area contributed by atoms with Crippen molar-refractivity contribution < 1.29 is 19.1 Å². The van der Waals surface area contributed by atoms with Crippen molar-refractivity contribution in [1.29, 1.82) is 0 Å². The first-order valence-electron chi connectivity index (χ1n) is 6.32. The summed E-state index contributed by atoms with van der Waals surface area (Å²) >= 11 is 0. The molecule has 0 aliphatic heterocycles. The molecule has 4 heteroatoms. The molecule has 0 N–H and O–H groups in total. The summed E-state index contributed by atoms with van der Waals surface area (Å²) in [6.45, 7) is 5.14. The molecule has 0 fully saturated rings. The van der Waals surface area contributed by atoms with Crippen LogP contribution in [0.25, 0.3) is 0 Å². The highest BCUT2D eigenvalue weighted by atomic mass is 16.5. The Bertz CT molecular complexity index is 407. The van der Waals surface area contributed by atoms with Gasteiger partial charge in [-0.25, -0.2) is 0 Å². The zero-order valence-corrected chi connectivity index (χ0v) is 11.6. The molecule has 0 aliphatic carbocycles. The lowest BCUT2D eigenvalue weighted by Crippen LogP contribution is -2.37. The third-order valence-electron chi connectivity index (χ3n) is 3.17. The lowest BCUT2D eigenvalue weighted by atomic mass is 9.79. The van der Waals surface area contributed by atoms with E-state index in [0.29, 0.717) is 6.42 Å². The van der Waals surface area contributed by atoms with E-state index in [1.807, 2.05) is 37.3 Å². The molecule has 4 nitrogen and oxygen atoms in total. The Balaban J connectivity index is 2.98. The normalized spacial score (nSPS) is 10.9. The average molecular weight is 264 g/mol. The van der Waals surface area contributed by atoms with E-state index < -0.39 is 5.41 Å². The minimum Gasteiger partial charge on any atom is -0.465 e. The fourth-order valence-electron chi connectivity index (χ4n) is 1.89. The van der Waals surface area contributed by atoms with Crippen LogP contribution in [0.5, 0.6) is 0 Å². The summed E-state index contributed by atoms with van der Waals surface area (Å²) in [5.41, 5.74) is 0.513. The molecule has 0 radical (unpaired) electrons. The highest BCUT2D eigenvalue weighted by Crippen LogP contribution is 2.29. The molecule has 1 aromatic rings. The van der Waals surface area contributed by atoms with Gasteiger partial charge in [-0.2, -0.15) is 0 Å². The average Bonchev–Trinajstić information content (AvgIpc) is 2.40. The van der Waals surface area contributed by atoms with Crippen LogP contribution in [-0.4, -0.2) is 25.2 Å². The lowest BCUT2D eigenvalue weighted by Gasteiger charge is -2.32. The van der Waals surface area contributed by atoms with Gasteiger partial charge in [-0.15, -0.1) is 0 Å². The van der Waals surface area contributed by atoms with Crippen LogP contribution in [0, 0.1) is 0 Å². The largest absolute Gasteiger partial charge is 0.465 e. The van der Waals surface area contributed by atoms with E-state index in [1.54, 1.807) is 0 Å². The van der Waals surface area contributed by atoms with Crippen molar-refractivity contribution >= 4 is 11.9 Å². The van der Waals surface area contributed by atoms with Crippen molar-refractivity contribution in [2.24, 2.45) is 0 Å². The van der Waals surface area contributed by atoms with Crippen molar-refractivity contribution in [2.45, 2.75) is 32.6 Å². The highest BCUT2D eigenvalue weighted by molar-refractivity contribution is 5.66. The number of esters is 2. The quantitative estimate of drug-likeness (QED) is 0.741. The fraction of sp³-hybridized carbons (Fsp3) is 0.467. The molecule has 0 amide bonds. The Labute approximate surface area is 113 Å². The molecule has 0 bridgehead atoms. The second-order valence-electron chi connectivity index (χ2n) is 4.56. The Morgan fingerprint density at radius 1 is 1.00 bits per heavy atom. The Morgan fingerprint density at radius 2 is 1.47 bits per heavy atom. The summed E-state index contributed by atoms with van der Waals surface area (Å²) in [6.07, 6.45) is 0.706. The Hall–Kier alpha value is -1.84. The molecule has 1 rings (SSSR count). The first-order chi connectivity index (χ1) is 9.00. The second-order valence-corrected chi connectivity index (χ2v) is 4.56. The molecule has 19 heavy (non-hydrogen) atoms. The minimum absolute atomic E-state index is 0.204. The van der Waals surface area contributed by atoms with Crippen LogP contribution >= 0.6 is 0 Å². The first kappa shape index (κ1) is 15.2. The fourth-order valence-corrected chi connectivity index (χ4v) is 1.89. The maximum Gasteiger partial charge on any atom is 0.302 e. The van der Waals surface area contributed by atoms with Gasteiger partial charge in [-0.1, -0.05) is 37.3 Å². The van der Waals surface area contributed by atoms with Crippen molar-refractivity contribution in [3.63, 3.8) is 0 Å². The maximum absolute atomic E-state index is 11.0. The number of carbonyl (C=O) groups is 2. The monoisotopic (exact) mass is 264 g/mol. The minimum atomic E-state index is -0.488. The molecule has 0 saturated carbocycles. The van der Waals surface area contributed by atoms with Crippen LogP contribution in [0.15, 0.2) is 30.3 Å². The molecule has 0 atom stereocenters. The van der Waals surface area contributed by atoms with Gasteiger partial charge in [0, 0.05) is 13.8 Å². The summed E-state index contributed by atoms with van der Waals surface area (Å²) in [5.74, 6) is -0.673. The van der Waals surface area contributed by atoms with E-state index in [0.717, 1.165) is 5.56 Å². The van der Waals surface area contributed by atoms with Crippen LogP contribution < -0.4 is 0 Å². The van der Waals surface area contributed by atoms with E-state index in [4.69, 9.17) is 9.47 Å². The molecule has 0 spiro atoms. The maximum atomic E-state index is 11.0. The van der Waals surface area contributed by atoms with Crippen molar-refractivity contribution in [1.82, 2.24) is 0 Å². The molecule has 0 aromatic heterocycles. The van der Waals surface area contributed by atoms with Gasteiger partial charge in [0.1, 0.15) is 13.2 Å². The number of ether oxygens (including phenoxy) is 2. The van der Waals surface area contributed by atoms with Gasteiger partial charge in [-0.3, -0.25) is 9.59 Å². The van der Waals surface area contributed by atoms with Gasteiger partial charge >= 0.3 is 11.9 Å². The van der Waals surface area contributed by atoms with E-state index in [-0.39, 0.29) is 25.2 Å². The van der Waals surface area contributed by atoms with Crippen LogP contribution in [0.1, 0.15) is 32.8 Å². The second kappa shape index (κ2) is 6.92. The molecule has 0 saturated heterocycles. The molecule has 0 heterocycles. The highest BCUT2D eigenvalue weighted by Gasteiger charge is 2.33. The van der Waals surface area contributed by atoms with E-state index in [9.17, 15) is 9.59 Å². The third-order valence-corrected chi connectivity index (χ3v) is 3.17. The first-order valence-corrected chi connectivity index (χ1v) is 6.32. The number of carbonyl (C=O) groups excluding carboxylic acids is 2. The molecular formula is C15H20O4. The topological polar surface area (TPSA) is 52.6 Å². The zero-order chi connectivity index (χ0) is 14.3. The molecule has 0 aliphatic rings. The lowest BCUT2D eigenvalue weighted by molar-refractivity contribution is -0.147. The predicted octanol–water partition coefficient (Wildman–Crippen LogP) is 2.46. The van der Waals surface area contributed by atoms with E-state index in [1.165, 1.54) is 13.8 Å². The van der Waals surface area contributed by atoms with Crippen molar-refractivity contribution in [2.75, 3.05) is 13.2 Å². The summed E-state index contributed by atoms with van der Waals surface area (Å²) in [6, 6.07) is 9.66. The van der Waals surface area contributed by atoms with Gasteiger partial charge < -0.3 is 9.47 Å². The van der Waals surface area contributed by atoms with Crippen LogP contribution in [0.2, 0.25) is 0 Å². The molecule has 104 valence electrons. The summed E-state index contributed by atoms with van der Waals surface area (Å²) < 4.78 is 10.3. The van der Waals surface area contributed by atoms with Gasteiger partial charge in [0.15, 0.2) is 0 Å².